The number of methoxy groups -OCH3 is 3. The van der Waals surface area contributed by atoms with Crippen LogP contribution in [0.2, 0.25) is 0 Å². The van der Waals surface area contributed by atoms with Gasteiger partial charge in [-0.05, 0) is 24.6 Å². The highest BCUT2D eigenvalue weighted by atomic mass is 32.2. The van der Waals surface area contributed by atoms with Gasteiger partial charge in [-0.1, -0.05) is 48.2 Å². The molecule has 0 saturated heterocycles. The lowest BCUT2D eigenvalue weighted by Gasteiger charge is -2.14. The zero-order valence-corrected chi connectivity index (χ0v) is 24.8. The van der Waals surface area contributed by atoms with E-state index in [1.54, 1.807) is 39.4 Å². The number of hydrogen-bond donors (Lipinski definition) is 1. The normalized spacial score (nSPS) is 10.6. The average molecular weight is 595 g/mol. The minimum Gasteiger partial charge on any atom is -0.493 e. The molecule has 0 aliphatic rings. The number of carbonyl (C=O) groups is 2. The number of hydrogen-bond acceptors (Lipinski definition) is 10. The van der Waals surface area contributed by atoms with Gasteiger partial charge < -0.3 is 24.3 Å². The van der Waals surface area contributed by atoms with E-state index in [0.29, 0.717) is 56.5 Å². The molecule has 1 N–H and O–H groups in total. The summed E-state index contributed by atoms with van der Waals surface area (Å²) < 4.78 is 23.5. The highest BCUT2D eigenvalue weighted by Gasteiger charge is 2.24. The largest absolute Gasteiger partial charge is 0.493 e. The van der Waals surface area contributed by atoms with Crippen LogP contribution in [0.5, 0.6) is 17.2 Å². The molecule has 4 rings (SSSR count). The molecular formula is C29H30N4O6S2. The number of nitrogens with one attached hydrogen (secondary N) is 1. The first-order valence-corrected chi connectivity index (χ1v) is 14.4. The van der Waals surface area contributed by atoms with Crippen molar-refractivity contribution in [2.24, 2.45) is 0 Å². The number of allylic oxidation sites excluding steroid dienone is 1. The molecule has 214 valence electrons. The molecule has 0 unspecified atom stereocenters. The van der Waals surface area contributed by atoms with Gasteiger partial charge in [0, 0.05) is 23.1 Å². The number of amides is 1. The van der Waals surface area contributed by atoms with Crippen LogP contribution < -0.4 is 19.5 Å². The lowest BCUT2D eigenvalue weighted by molar-refractivity contribution is -0.113. The van der Waals surface area contributed by atoms with E-state index in [4.69, 9.17) is 18.9 Å². The van der Waals surface area contributed by atoms with E-state index >= 15 is 0 Å². The van der Waals surface area contributed by atoms with Crippen molar-refractivity contribution in [2.75, 3.05) is 39.0 Å². The Labute approximate surface area is 246 Å². The van der Waals surface area contributed by atoms with Gasteiger partial charge in [0.25, 0.3) is 0 Å². The molecule has 0 bridgehead atoms. The minimum atomic E-state index is -0.490. The molecule has 0 aliphatic heterocycles. The Balaban J connectivity index is 1.56. The van der Waals surface area contributed by atoms with Crippen LogP contribution in [-0.2, 0) is 16.1 Å². The van der Waals surface area contributed by atoms with Crippen molar-refractivity contribution >= 4 is 40.0 Å². The highest BCUT2D eigenvalue weighted by molar-refractivity contribution is 7.99. The van der Waals surface area contributed by atoms with Crippen molar-refractivity contribution in [2.45, 2.75) is 18.6 Å². The molecule has 0 fully saturated rings. The van der Waals surface area contributed by atoms with Gasteiger partial charge in [0.1, 0.15) is 10.6 Å². The van der Waals surface area contributed by atoms with Crippen LogP contribution >= 0.6 is 23.1 Å². The maximum atomic E-state index is 13.0. The quantitative estimate of drug-likeness (QED) is 0.117. The van der Waals surface area contributed by atoms with Crippen molar-refractivity contribution in [3.05, 3.63) is 66.1 Å². The van der Waals surface area contributed by atoms with E-state index in [1.807, 2.05) is 40.3 Å². The number of rotatable bonds is 13. The number of thiophene rings is 1. The molecule has 0 saturated carbocycles. The van der Waals surface area contributed by atoms with E-state index in [-0.39, 0.29) is 18.3 Å². The topological polar surface area (TPSA) is 114 Å². The lowest BCUT2D eigenvalue weighted by Crippen LogP contribution is -2.17. The van der Waals surface area contributed by atoms with Gasteiger partial charge in [-0.25, -0.2) is 4.79 Å². The molecule has 41 heavy (non-hydrogen) atoms. The summed E-state index contributed by atoms with van der Waals surface area (Å²) in [6.07, 6.45) is 1.72. The number of anilines is 1. The SMILES string of the molecule is C=CCn1c(SCC(=O)Nc2scc(-c3ccccc3)c2C(=O)OCC)nnc1-c1cc(OC)c(OC)c(OC)c1. The van der Waals surface area contributed by atoms with Gasteiger partial charge in [0.05, 0.1) is 33.7 Å². The van der Waals surface area contributed by atoms with E-state index in [2.05, 4.69) is 22.1 Å². The predicted octanol–water partition coefficient (Wildman–Crippen LogP) is 5.79. The van der Waals surface area contributed by atoms with Gasteiger partial charge in [-0.15, -0.1) is 28.1 Å². The number of nitrogens with zero attached hydrogens (tertiary/aromatic N) is 3. The molecule has 1 amide bonds. The van der Waals surface area contributed by atoms with Crippen LogP contribution in [0.15, 0.2) is 65.7 Å². The monoisotopic (exact) mass is 594 g/mol. The standard InChI is InChI=1S/C29H30N4O6S2/c1-6-13-33-26(19-14-21(36-3)25(38-5)22(15-19)37-4)31-32-29(33)41-17-23(34)30-27-24(28(35)39-7-2)20(16-40-27)18-11-9-8-10-12-18/h6,8-12,14-16H,1,7,13,17H2,2-5H3,(H,30,34). The maximum absolute atomic E-state index is 13.0. The summed E-state index contributed by atoms with van der Waals surface area (Å²) in [4.78, 5) is 25.9. The summed E-state index contributed by atoms with van der Waals surface area (Å²) in [5, 5.41) is 14.4. The fourth-order valence-electron chi connectivity index (χ4n) is 4.09. The second-order valence-corrected chi connectivity index (χ2v) is 10.2. The van der Waals surface area contributed by atoms with Crippen molar-refractivity contribution in [3.8, 4) is 39.8 Å². The van der Waals surface area contributed by atoms with Crippen LogP contribution in [0.25, 0.3) is 22.5 Å². The van der Waals surface area contributed by atoms with Crippen molar-refractivity contribution in [3.63, 3.8) is 0 Å². The lowest BCUT2D eigenvalue weighted by atomic mass is 10.0. The highest BCUT2D eigenvalue weighted by Crippen LogP contribution is 2.41. The second kappa shape index (κ2) is 13.9. The second-order valence-electron chi connectivity index (χ2n) is 8.40. The van der Waals surface area contributed by atoms with Crippen LogP contribution in [0.4, 0.5) is 5.00 Å². The number of ether oxygens (including phenoxy) is 4. The third-order valence-corrected chi connectivity index (χ3v) is 7.75. The summed E-state index contributed by atoms with van der Waals surface area (Å²) in [5.41, 5.74) is 2.59. The third kappa shape index (κ3) is 6.55. The molecule has 4 aromatic rings. The number of thioether (sulfide) groups is 1. The fourth-order valence-corrected chi connectivity index (χ4v) is 5.81. The van der Waals surface area contributed by atoms with E-state index in [0.717, 1.165) is 5.56 Å². The Kier molecular flexibility index (Phi) is 10.0. The molecule has 0 aliphatic carbocycles. The molecule has 0 radical (unpaired) electrons. The van der Waals surface area contributed by atoms with Crippen LogP contribution in [0, 0.1) is 0 Å². The Morgan fingerprint density at radius 3 is 2.37 bits per heavy atom. The number of esters is 1. The molecule has 12 heteroatoms. The number of carbonyl (C=O) groups excluding carboxylic acids is 2. The summed E-state index contributed by atoms with van der Waals surface area (Å²) >= 11 is 2.49. The zero-order valence-electron chi connectivity index (χ0n) is 23.1. The first-order valence-electron chi connectivity index (χ1n) is 12.6. The summed E-state index contributed by atoms with van der Waals surface area (Å²) in [6.45, 7) is 6.22. The number of benzene rings is 2. The molecular weight excluding hydrogens is 564 g/mol. The number of aromatic nitrogens is 3. The van der Waals surface area contributed by atoms with Gasteiger partial charge >= 0.3 is 5.97 Å². The smallest absolute Gasteiger partial charge is 0.341 e. The summed E-state index contributed by atoms with van der Waals surface area (Å²) in [5.74, 6) is 1.21. The van der Waals surface area contributed by atoms with Gasteiger partial charge in [0.2, 0.25) is 11.7 Å². The summed E-state index contributed by atoms with van der Waals surface area (Å²) in [6, 6.07) is 13.1. The van der Waals surface area contributed by atoms with Gasteiger partial charge in [-0.2, -0.15) is 0 Å². The van der Waals surface area contributed by atoms with Gasteiger partial charge in [-0.3, -0.25) is 9.36 Å². The zero-order chi connectivity index (χ0) is 29.4. The minimum absolute atomic E-state index is 0.0331. The Hall–Kier alpha value is -4.29. The van der Waals surface area contributed by atoms with E-state index < -0.39 is 5.97 Å². The Morgan fingerprint density at radius 2 is 1.76 bits per heavy atom. The van der Waals surface area contributed by atoms with Crippen molar-refractivity contribution in [1.82, 2.24) is 14.8 Å². The Morgan fingerprint density at radius 1 is 1.05 bits per heavy atom. The van der Waals surface area contributed by atoms with Crippen molar-refractivity contribution < 1.29 is 28.5 Å². The van der Waals surface area contributed by atoms with Crippen molar-refractivity contribution in [1.29, 1.82) is 0 Å². The first kappa shape index (κ1) is 29.7. The van der Waals surface area contributed by atoms with Gasteiger partial charge in [0.15, 0.2) is 22.5 Å². The van der Waals surface area contributed by atoms with E-state index in [9.17, 15) is 9.59 Å². The first-order chi connectivity index (χ1) is 19.9. The van der Waals surface area contributed by atoms with Crippen LogP contribution in [0.1, 0.15) is 17.3 Å². The molecule has 2 heterocycles. The Bertz CT molecular complexity index is 1510. The molecule has 0 atom stereocenters. The maximum Gasteiger partial charge on any atom is 0.341 e. The third-order valence-electron chi connectivity index (χ3n) is 5.89. The average Bonchev–Trinajstić information content (AvgIpc) is 3.60. The molecule has 0 spiro atoms. The molecule has 2 aromatic heterocycles. The van der Waals surface area contributed by atoms with E-state index in [1.165, 1.54) is 30.2 Å². The predicted molar refractivity (Wildman–Crippen MR) is 160 cm³/mol. The summed E-state index contributed by atoms with van der Waals surface area (Å²) in [7, 11) is 4.62. The van der Waals surface area contributed by atoms with Crippen LogP contribution in [-0.4, -0.2) is 60.3 Å². The molecule has 10 nitrogen and oxygen atoms in total. The molecule has 2 aromatic carbocycles. The fraction of sp³-hybridized carbons (Fsp3) is 0.241. The van der Waals surface area contributed by atoms with Crippen LogP contribution in [0.3, 0.4) is 0 Å².